The zero-order chi connectivity index (χ0) is 27.1. The van der Waals surface area contributed by atoms with Gasteiger partial charge in [0.1, 0.15) is 24.2 Å². The molecule has 38 heavy (non-hydrogen) atoms. The van der Waals surface area contributed by atoms with Gasteiger partial charge >= 0.3 is 11.9 Å². The van der Waals surface area contributed by atoms with Crippen molar-refractivity contribution < 1.29 is 32.6 Å². The standard InChI is InChI=1S/C25H24BrF3N4O4S/c1-37-25(36)18-14(10-33-15-7-11(9-17(34)35)8-16(33)21(29)20(15)28)31-23(24-30-5-6-38-24)32-22(18)12-3-2-4-13(27)19(12)26/h2-6,11,15-16,20-22H,7-10H2,1H3,(H,31,32)(H,34,35)/t11?,15-,16+,20?,21?,22-/m0/s1. The molecule has 2 bridgehead atoms. The van der Waals surface area contributed by atoms with Crippen LogP contribution in [0, 0.1) is 11.7 Å². The van der Waals surface area contributed by atoms with E-state index < -0.39 is 48.2 Å². The van der Waals surface area contributed by atoms with Gasteiger partial charge in [0.25, 0.3) is 0 Å². The lowest BCUT2D eigenvalue weighted by Gasteiger charge is -2.39. The summed E-state index contributed by atoms with van der Waals surface area (Å²) in [6, 6.07) is 1.69. The van der Waals surface area contributed by atoms with Gasteiger partial charge in [-0.25, -0.2) is 22.9 Å². The average Bonchev–Trinajstić information content (AvgIpc) is 3.47. The number of piperidine rings is 1. The second-order valence-corrected chi connectivity index (χ2v) is 11.2. The Balaban J connectivity index is 1.58. The molecule has 2 N–H and O–H groups in total. The summed E-state index contributed by atoms with van der Waals surface area (Å²) in [4.78, 5) is 35.0. The summed E-state index contributed by atoms with van der Waals surface area (Å²) in [7, 11) is 1.21. The van der Waals surface area contributed by atoms with Gasteiger partial charge in [-0.05, 0) is 46.3 Å². The van der Waals surface area contributed by atoms with Gasteiger partial charge in [-0.3, -0.25) is 14.7 Å². The lowest BCUT2D eigenvalue weighted by Crippen LogP contribution is -2.49. The van der Waals surface area contributed by atoms with Gasteiger partial charge in [0.15, 0.2) is 10.8 Å². The topological polar surface area (TPSA) is 104 Å². The molecule has 3 aliphatic rings. The highest BCUT2D eigenvalue weighted by Gasteiger charge is 2.55. The van der Waals surface area contributed by atoms with E-state index in [1.807, 2.05) is 0 Å². The third kappa shape index (κ3) is 4.87. The van der Waals surface area contributed by atoms with E-state index in [0.717, 1.165) is 0 Å². The molecule has 2 fully saturated rings. The Morgan fingerprint density at radius 2 is 1.97 bits per heavy atom. The number of halogens is 4. The number of thiazole rings is 1. The van der Waals surface area contributed by atoms with Crippen LogP contribution in [-0.2, 0) is 14.3 Å². The number of aliphatic carboxylic acids is 1. The molecule has 3 unspecified atom stereocenters. The van der Waals surface area contributed by atoms with Crippen LogP contribution < -0.4 is 5.32 Å². The number of carbonyl (C=O) groups is 2. The third-order valence-electron chi connectivity index (χ3n) is 7.29. The molecule has 0 spiro atoms. The Morgan fingerprint density at radius 1 is 1.26 bits per heavy atom. The maximum Gasteiger partial charge on any atom is 0.338 e. The number of benzene rings is 1. The first-order chi connectivity index (χ1) is 18.2. The van der Waals surface area contributed by atoms with Crippen molar-refractivity contribution in [1.29, 1.82) is 0 Å². The van der Waals surface area contributed by atoms with Crippen molar-refractivity contribution >= 4 is 45.0 Å². The van der Waals surface area contributed by atoms with Gasteiger partial charge in [-0.2, -0.15) is 0 Å². The molecule has 202 valence electrons. The molecule has 0 amide bonds. The predicted octanol–water partition coefficient (Wildman–Crippen LogP) is 4.18. The van der Waals surface area contributed by atoms with Crippen LogP contribution in [0.5, 0.6) is 0 Å². The van der Waals surface area contributed by atoms with E-state index in [9.17, 15) is 19.1 Å². The largest absolute Gasteiger partial charge is 0.481 e. The zero-order valence-corrected chi connectivity index (χ0v) is 22.5. The molecule has 0 aliphatic carbocycles. The van der Waals surface area contributed by atoms with Crippen molar-refractivity contribution in [2.45, 2.75) is 49.7 Å². The van der Waals surface area contributed by atoms with E-state index in [0.29, 0.717) is 22.1 Å². The van der Waals surface area contributed by atoms with Gasteiger partial charge in [-0.15, -0.1) is 11.3 Å². The molecule has 5 rings (SSSR count). The number of hydrogen-bond donors (Lipinski definition) is 2. The van der Waals surface area contributed by atoms with Crippen molar-refractivity contribution in [2.24, 2.45) is 10.9 Å². The normalized spacial score (nSPS) is 29.1. The number of aromatic nitrogens is 1. The summed E-state index contributed by atoms with van der Waals surface area (Å²) in [6.45, 7) is -0.0474. The molecule has 6 atom stereocenters. The van der Waals surface area contributed by atoms with Gasteiger partial charge in [0.2, 0.25) is 0 Å². The van der Waals surface area contributed by atoms with E-state index in [1.54, 1.807) is 22.5 Å². The zero-order valence-electron chi connectivity index (χ0n) is 20.1. The lowest BCUT2D eigenvalue weighted by molar-refractivity contribution is -0.139. The second kappa shape index (κ2) is 10.8. The molecule has 2 aromatic rings. The summed E-state index contributed by atoms with van der Waals surface area (Å²) < 4.78 is 49.9. The van der Waals surface area contributed by atoms with Crippen molar-refractivity contribution in [3.63, 3.8) is 0 Å². The Kier molecular flexibility index (Phi) is 7.60. The number of esters is 1. The number of amidine groups is 1. The number of carbonyl (C=O) groups excluding carboxylic acids is 1. The van der Waals surface area contributed by atoms with Crippen molar-refractivity contribution in [3.05, 3.63) is 61.9 Å². The van der Waals surface area contributed by atoms with Gasteiger partial charge in [0, 0.05) is 42.3 Å². The van der Waals surface area contributed by atoms with Gasteiger partial charge < -0.3 is 15.2 Å². The Morgan fingerprint density at radius 3 is 2.58 bits per heavy atom. The van der Waals surface area contributed by atoms with Crippen LogP contribution in [-0.4, -0.2) is 70.8 Å². The number of carboxylic acid groups (broad SMARTS) is 1. The molecule has 1 aromatic heterocycles. The second-order valence-electron chi connectivity index (χ2n) is 9.50. The molecular weight excluding hydrogens is 589 g/mol. The van der Waals surface area contributed by atoms with Crippen LogP contribution in [0.25, 0.3) is 0 Å². The summed E-state index contributed by atoms with van der Waals surface area (Å²) in [6.07, 6.45) is -1.79. The van der Waals surface area contributed by atoms with E-state index in [-0.39, 0.29) is 41.8 Å². The van der Waals surface area contributed by atoms with Crippen molar-refractivity contribution in [3.8, 4) is 0 Å². The fourth-order valence-electron chi connectivity index (χ4n) is 5.65. The molecule has 8 nitrogen and oxygen atoms in total. The number of aliphatic imine (C=N–C) groups is 1. The van der Waals surface area contributed by atoms with Crippen LogP contribution in [0.1, 0.15) is 35.9 Å². The maximum atomic E-state index is 15.1. The van der Waals surface area contributed by atoms with Crippen LogP contribution >= 0.6 is 27.3 Å². The Hall–Kier alpha value is -2.77. The highest BCUT2D eigenvalue weighted by molar-refractivity contribution is 9.10. The number of ether oxygens (including phenoxy) is 1. The van der Waals surface area contributed by atoms with Crippen LogP contribution in [0.15, 0.2) is 50.5 Å². The number of rotatable bonds is 7. The Bertz CT molecular complexity index is 1290. The lowest BCUT2D eigenvalue weighted by atomic mass is 9.87. The summed E-state index contributed by atoms with van der Waals surface area (Å²) >= 11 is 4.56. The van der Waals surface area contributed by atoms with Crippen LogP contribution in [0.4, 0.5) is 13.2 Å². The summed E-state index contributed by atoms with van der Waals surface area (Å²) in [5, 5.41) is 14.6. The molecule has 13 heteroatoms. The highest BCUT2D eigenvalue weighted by atomic mass is 79.9. The number of fused-ring (bicyclic) bond motifs is 2. The van der Waals surface area contributed by atoms with E-state index in [2.05, 4.69) is 31.2 Å². The van der Waals surface area contributed by atoms with E-state index >= 15 is 8.78 Å². The molecule has 3 aliphatic heterocycles. The van der Waals surface area contributed by atoms with Crippen LogP contribution in [0.3, 0.4) is 0 Å². The van der Waals surface area contributed by atoms with Crippen molar-refractivity contribution in [1.82, 2.24) is 15.2 Å². The molecule has 2 saturated heterocycles. The number of nitrogens with zero attached hydrogens (tertiary/aromatic N) is 3. The molecule has 0 radical (unpaired) electrons. The Labute approximate surface area is 228 Å². The predicted molar refractivity (Wildman–Crippen MR) is 137 cm³/mol. The number of alkyl halides is 2. The molecular formula is C25H24BrF3N4O4S. The van der Waals surface area contributed by atoms with E-state index in [4.69, 9.17) is 4.74 Å². The summed E-state index contributed by atoms with van der Waals surface area (Å²) in [5.74, 6) is -2.31. The maximum absolute atomic E-state index is 15.1. The van der Waals surface area contributed by atoms with Crippen molar-refractivity contribution in [2.75, 3.05) is 13.7 Å². The average molecular weight is 613 g/mol. The SMILES string of the molecule is COC(=O)C1=C(CN2[C@@H]3CC(CC(=O)O)C[C@H]2C(F)C3F)NC(c2nccs2)=N[C@H]1c1cccc(F)c1Br. The number of carboxylic acids is 1. The van der Waals surface area contributed by atoms with E-state index in [1.165, 1.54) is 30.6 Å². The highest BCUT2D eigenvalue weighted by Crippen LogP contribution is 2.44. The quantitative estimate of drug-likeness (QED) is 0.452. The van der Waals surface area contributed by atoms with Gasteiger partial charge in [0.05, 0.1) is 17.2 Å². The fraction of sp³-hybridized carbons (Fsp3) is 0.440. The minimum atomic E-state index is -1.79. The number of nitrogens with one attached hydrogen (secondary N) is 1. The fourth-order valence-corrected chi connectivity index (χ4v) is 6.72. The molecule has 0 saturated carbocycles. The van der Waals surface area contributed by atoms with Crippen LogP contribution in [0.2, 0.25) is 0 Å². The first-order valence-corrected chi connectivity index (χ1v) is 13.6. The monoisotopic (exact) mass is 612 g/mol. The number of hydrogen-bond acceptors (Lipinski definition) is 8. The minimum absolute atomic E-state index is 0.0474. The van der Waals surface area contributed by atoms with Gasteiger partial charge in [-0.1, -0.05) is 12.1 Å². The smallest absolute Gasteiger partial charge is 0.338 e. The first kappa shape index (κ1) is 26.8. The minimum Gasteiger partial charge on any atom is -0.481 e. The summed E-state index contributed by atoms with van der Waals surface area (Å²) in [5.41, 5.74) is 0.761. The first-order valence-electron chi connectivity index (χ1n) is 11.9. The third-order valence-corrected chi connectivity index (χ3v) is 8.90. The number of methoxy groups -OCH3 is 1. The molecule has 1 aromatic carbocycles. The molecule has 4 heterocycles.